The molecule has 2 aromatic rings. The first-order valence-electron chi connectivity index (χ1n) is 8.43. The topological polar surface area (TPSA) is 87.7 Å². The highest BCUT2D eigenvalue weighted by Crippen LogP contribution is 2.22. The van der Waals surface area contributed by atoms with Crippen LogP contribution in [0, 0.1) is 13.8 Å². The quantitative estimate of drug-likeness (QED) is 0.677. The second-order valence-corrected chi connectivity index (χ2v) is 6.20. The Morgan fingerprint density at radius 3 is 2.38 bits per heavy atom. The standard InChI is InChI=1S/C20H24N2O4/c1-13-7-6-8-14(2)19(13)26-12-15(3)22-20(25)16-9-4-5-10-17(16)21-11-18(23)24/h4-10,15,21H,11-12H2,1-3H3,(H,22,25)(H,23,24). The normalized spacial score (nSPS) is 11.5. The highest BCUT2D eigenvalue weighted by atomic mass is 16.5. The van der Waals surface area contributed by atoms with Crippen LogP contribution in [-0.2, 0) is 4.79 Å². The Labute approximate surface area is 153 Å². The van der Waals surface area contributed by atoms with Crippen LogP contribution in [0.4, 0.5) is 5.69 Å². The molecule has 0 aliphatic rings. The molecule has 26 heavy (non-hydrogen) atoms. The van der Waals surface area contributed by atoms with Crippen molar-refractivity contribution < 1.29 is 19.4 Å². The van der Waals surface area contributed by atoms with E-state index in [1.807, 2.05) is 39.0 Å². The maximum absolute atomic E-state index is 12.5. The lowest BCUT2D eigenvalue weighted by molar-refractivity contribution is -0.134. The first-order valence-corrected chi connectivity index (χ1v) is 8.43. The zero-order valence-electron chi connectivity index (χ0n) is 15.2. The molecule has 0 spiro atoms. The smallest absolute Gasteiger partial charge is 0.322 e. The fourth-order valence-electron chi connectivity index (χ4n) is 2.58. The van der Waals surface area contributed by atoms with Crippen LogP contribution in [0.3, 0.4) is 0 Å². The molecule has 0 aromatic heterocycles. The van der Waals surface area contributed by atoms with Crippen molar-refractivity contribution in [3.8, 4) is 5.75 Å². The summed E-state index contributed by atoms with van der Waals surface area (Å²) < 4.78 is 5.87. The van der Waals surface area contributed by atoms with Crippen LogP contribution in [0.5, 0.6) is 5.75 Å². The number of amides is 1. The van der Waals surface area contributed by atoms with Crippen molar-refractivity contribution in [3.63, 3.8) is 0 Å². The summed E-state index contributed by atoms with van der Waals surface area (Å²) in [6.45, 7) is 5.91. The molecule has 3 N–H and O–H groups in total. The van der Waals surface area contributed by atoms with Crippen LogP contribution in [0.15, 0.2) is 42.5 Å². The summed E-state index contributed by atoms with van der Waals surface area (Å²) in [5, 5.41) is 14.4. The number of rotatable bonds is 8. The van der Waals surface area contributed by atoms with E-state index in [0.29, 0.717) is 17.9 Å². The van der Waals surface area contributed by atoms with Gasteiger partial charge in [-0.15, -0.1) is 0 Å². The second kappa shape index (κ2) is 8.89. The Kier molecular flexibility index (Phi) is 6.60. The van der Waals surface area contributed by atoms with E-state index in [0.717, 1.165) is 16.9 Å². The molecule has 1 amide bonds. The fraction of sp³-hybridized carbons (Fsp3) is 0.300. The number of anilines is 1. The molecule has 0 aliphatic carbocycles. The van der Waals surface area contributed by atoms with Gasteiger partial charge in [-0.25, -0.2) is 0 Å². The van der Waals surface area contributed by atoms with Crippen molar-refractivity contribution in [1.29, 1.82) is 0 Å². The number of aliphatic carboxylic acids is 1. The summed E-state index contributed by atoms with van der Waals surface area (Å²) in [6, 6.07) is 12.5. The van der Waals surface area contributed by atoms with E-state index in [1.54, 1.807) is 24.3 Å². The first kappa shape index (κ1) is 19.3. The zero-order chi connectivity index (χ0) is 19.1. The van der Waals surface area contributed by atoms with E-state index in [4.69, 9.17) is 9.84 Å². The van der Waals surface area contributed by atoms with Crippen molar-refractivity contribution in [2.75, 3.05) is 18.5 Å². The van der Waals surface area contributed by atoms with Crippen molar-refractivity contribution in [1.82, 2.24) is 5.32 Å². The van der Waals surface area contributed by atoms with Crippen LogP contribution < -0.4 is 15.4 Å². The van der Waals surface area contributed by atoms with Crippen LogP contribution >= 0.6 is 0 Å². The number of carboxylic acid groups (broad SMARTS) is 1. The van der Waals surface area contributed by atoms with Crippen molar-refractivity contribution >= 4 is 17.6 Å². The molecule has 0 saturated heterocycles. The van der Waals surface area contributed by atoms with Crippen LogP contribution in [0.25, 0.3) is 0 Å². The van der Waals surface area contributed by atoms with E-state index in [2.05, 4.69) is 10.6 Å². The highest BCUT2D eigenvalue weighted by Gasteiger charge is 2.15. The van der Waals surface area contributed by atoms with E-state index >= 15 is 0 Å². The van der Waals surface area contributed by atoms with Crippen molar-refractivity contribution in [3.05, 3.63) is 59.2 Å². The van der Waals surface area contributed by atoms with E-state index in [9.17, 15) is 9.59 Å². The van der Waals surface area contributed by atoms with Gasteiger partial charge in [-0.2, -0.15) is 0 Å². The van der Waals surface area contributed by atoms with Gasteiger partial charge in [-0.1, -0.05) is 30.3 Å². The van der Waals surface area contributed by atoms with E-state index in [-0.39, 0.29) is 18.5 Å². The molecule has 6 heteroatoms. The lowest BCUT2D eigenvalue weighted by Gasteiger charge is -2.18. The average molecular weight is 356 g/mol. The van der Waals surface area contributed by atoms with Crippen LogP contribution in [-0.4, -0.2) is 36.2 Å². The van der Waals surface area contributed by atoms with Crippen molar-refractivity contribution in [2.45, 2.75) is 26.8 Å². The molecule has 1 unspecified atom stereocenters. The number of carbonyl (C=O) groups is 2. The molecule has 0 radical (unpaired) electrons. The molecule has 0 aliphatic heterocycles. The molecule has 6 nitrogen and oxygen atoms in total. The molecule has 0 heterocycles. The third kappa shape index (κ3) is 5.24. The molecule has 0 bridgehead atoms. The van der Waals surface area contributed by atoms with Gasteiger partial charge in [0.1, 0.15) is 18.9 Å². The number of ether oxygens (including phenoxy) is 1. The number of benzene rings is 2. The molecular formula is C20H24N2O4. The van der Waals surface area contributed by atoms with Gasteiger partial charge in [0, 0.05) is 5.69 Å². The van der Waals surface area contributed by atoms with Gasteiger partial charge in [0.2, 0.25) is 0 Å². The minimum Gasteiger partial charge on any atom is -0.491 e. The van der Waals surface area contributed by atoms with Crippen molar-refractivity contribution in [2.24, 2.45) is 0 Å². The molecule has 0 fully saturated rings. The van der Waals surface area contributed by atoms with Crippen LogP contribution in [0.1, 0.15) is 28.4 Å². The summed E-state index contributed by atoms with van der Waals surface area (Å²) >= 11 is 0. The average Bonchev–Trinajstić information content (AvgIpc) is 2.59. The molecule has 138 valence electrons. The summed E-state index contributed by atoms with van der Waals surface area (Å²) in [6.07, 6.45) is 0. The van der Waals surface area contributed by atoms with E-state index < -0.39 is 5.97 Å². The maximum atomic E-state index is 12.5. The first-order chi connectivity index (χ1) is 12.4. The Morgan fingerprint density at radius 1 is 1.08 bits per heavy atom. The Morgan fingerprint density at radius 2 is 1.73 bits per heavy atom. The number of carboxylic acids is 1. The van der Waals surface area contributed by atoms with Gasteiger partial charge in [0.15, 0.2) is 0 Å². The number of hydrogen-bond donors (Lipinski definition) is 3. The number of para-hydroxylation sites is 2. The Bertz CT molecular complexity index is 769. The number of carbonyl (C=O) groups excluding carboxylic acids is 1. The van der Waals surface area contributed by atoms with Gasteiger partial charge >= 0.3 is 5.97 Å². The predicted molar refractivity (Wildman–Crippen MR) is 101 cm³/mol. The maximum Gasteiger partial charge on any atom is 0.322 e. The van der Waals surface area contributed by atoms with Crippen LogP contribution in [0.2, 0.25) is 0 Å². The van der Waals surface area contributed by atoms with Gasteiger partial charge in [-0.3, -0.25) is 9.59 Å². The molecular weight excluding hydrogens is 332 g/mol. The van der Waals surface area contributed by atoms with Gasteiger partial charge in [-0.05, 0) is 44.0 Å². The second-order valence-electron chi connectivity index (χ2n) is 6.20. The summed E-state index contributed by atoms with van der Waals surface area (Å²) in [5.74, 6) is -0.441. The third-order valence-electron chi connectivity index (χ3n) is 3.87. The Balaban J connectivity index is 1.98. The molecule has 2 rings (SSSR count). The highest BCUT2D eigenvalue weighted by molar-refractivity contribution is 6.00. The largest absolute Gasteiger partial charge is 0.491 e. The number of hydrogen-bond acceptors (Lipinski definition) is 4. The van der Waals surface area contributed by atoms with Gasteiger partial charge in [0.25, 0.3) is 5.91 Å². The summed E-state index contributed by atoms with van der Waals surface area (Å²) in [4.78, 5) is 23.2. The Hall–Kier alpha value is -3.02. The zero-order valence-corrected chi connectivity index (χ0v) is 15.2. The van der Waals surface area contributed by atoms with Gasteiger partial charge < -0.3 is 20.5 Å². The molecule has 2 aromatic carbocycles. The molecule has 0 saturated carbocycles. The molecule has 1 atom stereocenters. The lowest BCUT2D eigenvalue weighted by Crippen LogP contribution is -2.37. The number of nitrogens with one attached hydrogen (secondary N) is 2. The summed E-state index contributed by atoms with van der Waals surface area (Å²) in [5.41, 5.74) is 2.97. The SMILES string of the molecule is Cc1cccc(C)c1OCC(C)NC(=O)c1ccccc1NCC(=O)O. The minimum atomic E-state index is -0.990. The van der Waals surface area contributed by atoms with Gasteiger partial charge in [0.05, 0.1) is 11.6 Å². The lowest BCUT2D eigenvalue weighted by atomic mass is 10.1. The summed E-state index contributed by atoms with van der Waals surface area (Å²) in [7, 11) is 0. The minimum absolute atomic E-state index is 0.214. The predicted octanol–water partition coefficient (Wildman–Crippen LogP) is 3.00. The number of aryl methyl sites for hydroxylation is 2. The monoisotopic (exact) mass is 356 g/mol. The van der Waals surface area contributed by atoms with E-state index in [1.165, 1.54) is 0 Å². The fourth-order valence-corrected chi connectivity index (χ4v) is 2.58. The third-order valence-corrected chi connectivity index (χ3v) is 3.87.